The molecule has 1 aromatic carbocycles. The highest BCUT2D eigenvalue weighted by Gasteiger charge is 2.33. The van der Waals surface area contributed by atoms with Crippen molar-refractivity contribution in [2.24, 2.45) is 11.7 Å². The zero-order valence-electron chi connectivity index (χ0n) is 9.61. The van der Waals surface area contributed by atoms with Crippen molar-refractivity contribution >= 4 is 0 Å². The summed E-state index contributed by atoms with van der Waals surface area (Å²) in [6.07, 6.45) is 2.05. The second kappa shape index (κ2) is 5.29. The molecule has 84 valence electrons. The third kappa shape index (κ3) is 2.58. The summed E-state index contributed by atoms with van der Waals surface area (Å²) in [5.74, 6) is 0.190. The van der Waals surface area contributed by atoms with Crippen LogP contribution in [0.5, 0.6) is 0 Å². The van der Waals surface area contributed by atoms with Crippen LogP contribution < -0.4 is 5.73 Å². The second-order valence-corrected chi connectivity index (χ2v) is 4.18. The number of benzene rings is 1. The average molecular weight is 207 g/mol. The Morgan fingerprint density at radius 2 is 1.93 bits per heavy atom. The fourth-order valence-electron chi connectivity index (χ4n) is 2.00. The third-order valence-corrected chi connectivity index (χ3v) is 3.12. The molecule has 0 amide bonds. The van der Waals surface area contributed by atoms with Crippen LogP contribution in [0, 0.1) is 5.92 Å². The average Bonchev–Trinajstić information content (AvgIpc) is 2.29. The highest BCUT2D eigenvalue weighted by Crippen LogP contribution is 2.31. The van der Waals surface area contributed by atoms with E-state index in [4.69, 9.17) is 5.73 Å². The normalized spacial score (nSPS) is 17.1. The molecule has 0 aliphatic rings. The molecule has 1 rings (SSSR count). The maximum absolute atomic E-state index is 10.6. The highest BCUT2D eigenvalue weighted by atomic mass is 16.3. The van der Waals surface area contributed by atoms with Crippen molar-refractivity contribution in [1.82, 2.24) is 0 Å². The quantitative estimate of drug-likeness (QED) is 0.778. The first-order valence-electron chi connectivity index (χ1n) is 5.63. The largest absolute Gasteiger partial charge is 0.384 e. The Labute approximate surface area is 92.1 Å². The van der Waals surface area contributed by atoms with Crippen molar-refractivity contribution in [3.05, 3.63) is 35.9 Å². The first-order valence-corrected chi connectivity index (χ1v) is 5.63. The van der Waals surface area contributed by atoms with Crippen LogP contribution in [0.1, 0.15) is 32.3 Å². The van der Waals surface area contributed by atoms with Gasteiger partial charge in [0.2, 0.25) is 0 Å². The first kappa shape index (κ1) is 12.2. The molecule has 0 aliphatic carbocycles. The van der Waals surface area contributed by atoms with Crippen LogP contribution in [0.4, 0.5) is 0 Å². The molecule has 3 N–H and O–H groups in total. The summed E-state index contributed by atoms with van der Waals surface area (Å²) in [6, 6.07) is 9.71. The van der Waals surface area contributed by atoms with E-state index < -0.39 is 5.60 Å². The van der Waals surface area contributed by atoms with Gasteiger partial charge in [0.25, 0.3) is 0 Å². The molecule has 0 radical (unpaired) electrons. The maximum atomic E-state index is 10.6. The van der Waals surface area contributed by atoms with Crippen molar-refractivity contribution in [3.63, 3.8) is 0 Å². The van der Waals surface area contributed by atoms with Gasteiger partial charge in [-0.1, -0.05) is 50.6 Å². The lowest BCUT2D eigenvalue weighted by molar-refractivity contribution is -0.0120. The number of hydrogen-bond acceptors (Lipinski definition) is 2. The van der Waals surface area contributed by atoms with E-state index in [1.807, 2.05) is 30.3 Å². The van der Waals surface area contributed by atoms with E-state index in [0.717, 1.165) is 18.4 Å². The van der Waals surface area contributed by atoms with E-state index in [9.17, 15) is 5.11 Å². The monoisotopic (exact) mass is 207 g/mol. The summed E-state index contributed by atoms with van der Waals surface area (Å²) in [5, 5.41) is 10.6. The second-order valence-electron chi connectivity index (χ2n) is 4.18. The molecule has 0 spiro atoms. The summed E-state index contributed by atoms with van der Waals surface area (Å²) in [6.45, 7) is 4.46. The molecule has 2 heteroatoms. The Morgan fingerprint density at radius 3 is 2.40 bits per heavy atom. The van der Waals surface area contributed by atoms with Gasteiger partial charge in [-0.25, -0.2) is 0 Å². The zero-order valence-corrected chi connectivity index (χ0v) is 9.61. The van der Waals surface area contributed by atoms with Crippen molar-refractivity contribution in [2.75, 3.05) is 6.54 Å². The predicted molar refractivity (Wildman–Crippen MR) is 63.5 cm³/mol. The lowest BCUT2D eigenvalue weighted by atomic mass is 9.80. The van der Waals surface area contributed by atoms with Crippen LogP contribution in [-0.4, -0.2) is 11.7 Å². The molecule has 2 atom stereocenters. The number of nitrogens with two attached hydrogens (primary N) is 1. The Balaban J connectivity index is 2.94. The molecule has 0 saturated carbocycles. The van der Waals surface area contributed by atoms with E-state index in [1.54, 1.807) is 0 Å². The van der Waals surface area contributed by atoms with Gasteiger partial charge in [0, 0.05) is 6.54 Å². The molecule has 2 nitrogen and oxygen atoms in total. The molecule has 0 aromatic heterocycles. The van der Waals surface area contributed by atoms with E-state index in [1.165, 1.54) is 0 Å². The van der Waals surface area contributed by atoms with Gasteiger partial charge in [0.05, 0.1) is 0 Å². The van der Waals surface area contributed by atoms with Crippen LogP contribution >= 0.6 is 0 Å². The standard InChI is InChI=1S/C13H21NO/c1-3-7-11(2)13(15,10-14)12-8-5-4-6-9-12/h4-6,8-9,11,15H,3,7,10,14H2,1-2H3. The molecule has 2 unspecified atom stereocenters. The summed E-state index contributed by atoms with van der Waals surface area (Å²) >= 11 is 0. The van der Waals surface area contributed by atoms with Crippen LogP contribution in [0.25, 0.3) is 0 Å². The summed E-state index contributed by atoms with van der Waals surface area (Å²) in [4.78, 5) is 0. The Morgan fingerprint density at radius 1 is 1.33 bits per heavy atom. The van der Waals surface area contributed by atoms with Crippen molar-refractivity contribution in [2.45, 2.75) is 32.3 Å². The predicted octanol–water partition coefficient (Wildman–Crippen LogP) is 2.27. The van der Waals surface area contributed by atoms with Gasteiger partial charge in [-0.15, -0.1) is 0 Å². The molecule has 15 heavy (non-hydrogen) atoms. The molecule has 0 saturated heterocycles. The van der Waals surface area contributed by atoms with Gasteiger partial charge in [-0.3, -0.25) is 0 Å². The minimum atomic E-state index is -0.878. The van der Waals surface area contributed by atoms with Gasteiger partial charge >= 0.3 is 0 Å². The first-order chi connectivity index (χ1) is 7.15. The molecule has 0 heterocycles. The molecular weight excluding hydrogens is 186 g/mol. The number of aliphatic hydroxyl groups is 1. The summed E-state index contributed by atoms with van der Waals surface area (Å²) < 4.78 is 0. The highest BCUT2D eigenvalue weighted by molar-refractivity contribution is 5.23. The molecule has 0 bridgehead atoms. The smallest absolute Gasteiger partial charge is 0.104 e. The van der Waals surface area contributed by atoms with Gasteiger partial charge in [0.1, 0.15) is 5.60 Å². The Hall–Kier alpha value is -0.860. The summed E-state index contributed by atoms with van der Waals surface area (Å²) in [5.41, 5.74) is 5.77. The van der Waals surface area contributed by atoms with Crippen molar-refractivity contribution in [1.29, 1.82) is 0 Å². The molecular formula is C13H21NO. The minimum absolute atomic E-state index is 0.190. The molecule has 1 aromatic rings. The SMILES string of the molecule is CCCC(C)C(O)(CN)c1ccccc1. The zero-order chi connectivity index (χ0) is 11.3. The Kier molecular flexibility index (Phi) is 4.30. The van der Waals surface area contributed by atoms with Gasteiger partial charge in [0.15, 0.2) is 0 Å². The van der Waals surface area contributed by atoms with E-state index >= 15 is 0 Å². The minimum Gasteiger partial charge on any atom is -0.384 e. The fraction of sp³-hybridized carbons (Fsp3) is 0.538. The van der Waals surface area contributed by atoms with Crippen LogP contribution in [-0.2, 0) is 5.60 Å². The van der Waals surface area contributed by atoms with Crippen LogP contribution in [0.3, 0.4) is 0 Å². The molecule has 0 aliphatic heterocycles. The van der Waals surface area contributed by atoms with E-state index in [2.05, 4.69) is 13.8 Å². The third-order valence-electron chi connectivity index (χ3n) is 3.12. The van der Waals surface area contributed by atoms with E-state index in [0.29, 0.717) is 0 Å². The number of hydrogen-bond donors (Lipinski definition) is 2. The van der Waals surface area contributed by atoms with Crippen molar-refractivity contribution in [3.8, 4) is 0 Å². The number of rotatable bonds is 5. The fourth-order valence-corrected chi connectivity index (χ4v) is 2.00. The lowest BCUT2D eigenvalue weighted by Crippen LogP contribution is -2.41. The topological polar surface area (TPSA) is 46.2 Å². The van der Waals surface area contributed by atoms with Crippen LogP contribution in [0.2, 0.25) is 0 Å². The maximum Gasteiger partial charge on any atom is 0.104 e. The summed E-state index contributed by atoms with van der Waals surface area (Å²) in [7, 11) is 0. The van der Waals surface area contributed by atoms with Gasteiger partial charge < -0.3 is 10.8 Å². The van der Waals surface area contributed by atoms with Gasteiger partial charge in [-0.2, -0.15) is 0 Å². The Bertz CT molecular complexity index is 286. The molecule has 0 fully saturated rings. The van der Waals surface area contributed by atoms with Gasteiger partial charge in [-0.05, 0) is 17.9 Å². The van der Waals surface area contributed by atoms with Crippen LogP contribution in [0.15, 0.2) is 30.3 Å². The lowest BCUT2D eigenvalue weighted by Gasteiger charge is -2.33. The van der Waals surface area contributed by atoms with Crippen molar-refractivity contribution < 1.29 is 5.11 Å². The van der Waals surface area contributed by atoms with E-state index in [-0.39, 0.29) is 12.5 Å².